The largest absolute Gasteiger partial charge is 0.449 e. The van der Waals surface area contributed by atoms with Gasteiger partial charge >= 0.3 is 5.97 Å². The number of aryl methyl sites for hydroxylation is 1. The number of aromatic nitrogens is 1. The number of amides is 2. The summed E-state index contributed by atoms with van der Waals surface area (Å²) in [6.07, 6.45) is 0.215. The zero-order valence-electron chi connectivity index (χ0n) is 15.0. The van der Waals surface area contributed by atoms with E-state index in [1.807, 2.05) is 6.92 Å². The van der Waals surface area contributed by atoms with Crippen molar-refractivity contribution < 1.29 is 19.1 Å². The van der Waals surface area contributed by atoms with Crippen LogP contribution >= 0.6 is 34.5 Å². The second-order valence-corrected chi connectivity index (χ2v) is 7.76. The van der Waals surface area contributed by atoms with Crippen LogP contribution in [0, 0.1) is 13.8 Å². The van der Waals surface area contributed by atoms with Crippen LogP contribution in [0.4, 0.5) is 10.8 Å². The van der Waals surface area contributed by atoms with Gasteiger partial charge in [0.15, 0.2) is 11.9 Å². The number of rotatable bonds is 5. The van der Waals surface area contributed by atoms with Gasteiger partial charge in [0.05, 0.1) is 15.6 Å². The van der Waals surface area contributed by atoms with Gasteiger partial charge in [-0.05, 0) is 32.4 Å². The van der Waals surface area contributed by atoms with E-state index in [-0.39, 0.29) is 22.3 Å². The van der Waals surface area contributed by atoms with Crippen LogP contribution in [0.15, 0.2) is 12.3 Å². The number of ether oxygens (including phenoxy) is 1. The van der Waals surface area contributed by atoms with Gasteiger partial charge in [-0.15, -0.1) is 11.3 Å². The lowest BCUT2D eigenvalue weighted by molar-refractivity contribution is -0.123. The molecule has 10 heteroatoms. The first-order chi connectivity index (χ1) is 12.6. The highest BCUT2D eigenvalue weighted by molar-refractivity contribution is 7.16. The van der Waals surface area contributed by atoms with E-state index >= 15 is 0 Å². The predicted molar refractivity (Wildman–Crippen MR) is 106 cm³/mol. The summed E-state index contributed by atoms with van der Waals surface area (Å²) >= 11 is 13.0. The molecule has 2 N–H and O–H groups in total. The molecule has 0 saturated heterocycles. The number of esters is 1. The summed E-state index contributed by atoms with van der Waals surface area (Å²) in [4.78, 5) is 41.0. The maximum atomic E-state index is 12.6. The average Bonchev–Trinajstić information content (AvgIpc) is 2.83. The molecule has 0 radical (unpaired) electrons. The summed E-state index contributed by atoms with van der Waals surface area (Å²) in [7, 11) is 0. The average molecular weight is 430 g/mol. The van der Waals surface area contributed by atoms with Crippen LogP contribution in [-0.2, 0) is 14.3 Å². The minimum absolute atomic E-state index is 0.107. The molecule has 2 aromatic heterocycles. The summed E-state index contributed by atoms with van der Waals surface area (Å²) in [5.41, 5.74) is 0.916. The molecule has 0 spiro atoms. The van der Waals surface area contributed by atoms with E-state index in [2.05, 4.69) is 15.6 Å². The highest BCUT2D eigenvalue weighted by Crippen LogP contribution is 2.33. The van der Waals surface area contributed by atoms with Gasteiger partial charge in [0.1, 0.15) is 5.00 Å². The SMILES string of the molecule is CC(=O)Nc1sc(C)c(C)c1C(=O)OC(C)C(=O)Nc1ncc(Cl)cc1Cl. The number of carbonyl (C=O) groups is 3. The maximum Gasteiger partial charge on any atom is 0.342 e. The topological polar surface area (TPSA) is 97.4 Å². The third-order valence-corrected chi connectivity index (χ3v) is 5.20. The third kappa shape index (κ3) is 5.18. The van der Waals surface area contributed by atoms with E-state index in [1.165, 1.54) is 37.4 Å². The Bertz CT molecular complexity index is 914. The zero-order chi connectivity index (χ0) is 20.3. The van der Waals surface area contributed by atoms with Gasteiger partial charge in [-0.25, -0.2) is 9.78 Å². The molecule has 0 aliphatic heterocycles. The number of pyridine rings is 1. The van der Waals surface area contributed by atoms with Crippen molar-refractivity contribution in [3.8, 4) is 0 Å². The van der Waals surface area contributed by atoms with Gasteiger partial charge in [0.25, 0.3) is 5.91 Å². The standard InChI is InChI=1S/C17H17Cl2N3O4S/c1-7-9(3)27-16(21-10(4)23)13(7)17(25)26-8(2)15(24)22-14-12(19)5-11(18)6-20-14/h5-6,8H,1-4H3,(H,21,23)(H,20,22,24). The van der Waals surface area contributed by atoms with E-state index in [1.54, 1.807) is 6.92 Å². The Hall–Kier alpha value is -2.16. The van der Waals surface area contributed by atoms with Gasteiger partial charge in [0.2, 0.25) is 5.91 Å². The number of hydrogen-bond acceptors (Lipinski definition) is 6. The fourth-order valence-electron chi connectivity index (χ4n) is 2.12. The molecule has 27 heavy (non-hydrogen) atoms. The highest BCUT2D eigenvalue weighted by atomic mass is 35.5. The third-order valence-electron chi connectivity index (χ3n) is 3.58. The fraction of sp³-hybridized carbons (Fsp3) is 0.294. The predicted octanol–water partition coefficient (Wildman–Crippen LogP) is 4.21. The van der Waals surface area contributed by atoms with Crippen LogP contribution < -0.4 is 10.6 Å². The molecule has 7 nitrogen and oxygen atoms in total. The Morgan fingerprint density at radius 1 is 1.22 bits per heavy atom. The van der Waals surface area contributed by atoms with Gasteiger partial charge in [-0.2, -0.15) is 0 Å². The molecule has 0 bridgehead atoms. The number of hydrogen-bond donors (Lipinski definition) is 2. The quantitative estimate of drug-likeness (QED) is 0.693. The summed E-state index contributed by atoms with van der Waals surface area (Å²) in [5, 5.41) is 5.96. The van der Waals surface area contributed by atoms with Gasteiger partial charge in [-0.1, -0.05) is 23.2 Å². The minimum atomic E-state index is -1.11. The molecule has 144 valence electrons. The molecule has 2 heterocycles. The van der Waals surface area contributed by atoms with Crippen LogP contribution in [0.1, 0.15) is 34.6 Å². The van der Waals surface area contributed by atoms with Crippen LogP contribution in [-0.4, -0.2) is 28.9 Å². The molecule has 2 amide bonds. The second-order valence-electron chi connectivity index (χ2n) is 5.69. The molecule has 1 atom stereocenters. The summed E-state index contributed by atoms with van der Waals surface area (Å²) < 4.78 is 5.26. The molecular weight excluding hydrogens is 413 g/mol. The molecule has 2 aromatic rings. The van der Waals surface area contributed by atoms with Crippen molar-refractivity contribution in [2.45, 2.75) is 33.8 Å². The first-order valence-corrected chi connectivity index (χ1v) is 9.37. The van der Waals surface area contributed by atoms with Crippen molar-refractivity contribution in [1.29, 1.82) is 0 Å². The Balaban J connectivity index is 2.13. The smallest absolute Gasteiger partial charge is 0.342 e. The number of halogens is 2. The maximum absolute atomic E-state index is 12.6. The minimum Gasteiger partial charge on any atom is -0.449 e. The van der Waals surface area contributed by atoms with E-state index in [0.29, 0.717) is 15.6 Å². The van der Waals surface area contributed by atoms with E-state index in [0.717, 1.165) is 4.88 Å². The lowest BCUT2D eigenvalue weighted by Gasteiger charge is -2.14. The van der Waals surface area contributed by atoms with Crippen LogP contribution in [0.25, 0.3) is 0 Å². The van der Waals surface area contributed by atoms with E-state index in [9.17, 15) is 14.4 Å². The molecule has 0 saturated carbocycles. The summed E-state index contributed by atoms with van der Waals surface area (Å²) in [6, 6.07) is 1.43. The number of anilines is 2. The summed E-state index contributed by atoms with van der Waals surface area (Å²) in [6.45, 7) is 6.34. The number of nitrogens with one attached hydrogen (secondary N) is 2. The molecule has 1 unspecified atom stereocenters. The highest BCUT2D eigenvalue weighted by Gasteiger charge is 2.26. The first kappa shape index (κ1) is 21.1. The summed E-state index contributed by atoms with van der Waals surface area (Å²) in [5.74, 6) is -1.51. The molecular formula is C17H17Cl2N3O4S. The van der Waals surface area contributed by atoms with Crippen molar-refractivity contribution in [2.75, 3.05) is 10.6 Å². The number of thiophene rings is 1. The molecule has 0 aliphatic rings. The van der Waals surface area contributed by atoms with Crippen LogP contribution in [0.3, 0.4) is 0 Å². The number of carbonyl (C=O) groups excluding carboxylic acids is 3. The van der Waals surface area contributed by atoms with Crippen molar-refractivity contribution in [1.82, 2.24) is 4.98 Å². The van der Waals surface area contributed by atoms with Crippen molar-refractivity contribution in [3.05, 3.63) is 38.3 Å². The van der Waals surface area contributed by atoms with Crippen molar-refractivity contribution in [3.63, 3.8) is 0 Å². The zero-order valence-corrected chi connectivity index (χ0v) is 17.3. The van der Waals surface area contributed by atoms with Crippen LogP contribution in [0.2, 0.25) is 10.0 Å². The van der Waals surface area contributed by atoms with Crippen LogP contribution in [0.5, 0.6) is 0 Å². The molecule has 2 rings (SSSR count). The normalized spacial score (nSPS) is 11.6. The fourth-order valence-corrected chi connectivity index (χ4v) is 3.64. The second kappa shape index (κ2) is 8.69. The Kier molecular flexibility index (Phi) is 6.80. The van der Waals surface area contributed by atoms with Gasteiger partial charge in [0, 0.05) is 18.0 Å². The molecule has 0 fully saturated rings. The lowest BCUT2D eigenvalue weighted by atomic mass is 10.1. The molecule has 0 aliphatic carbocycles. The van der Waals surface area contributed by atoms with Crippen molar-refractivity contribution in [2.24, 2.45) is 0 Å². The number of nitrogens with zero attached hydrogens (tertiary/aromatic N) is 1. The monoisotopic (exact) mass is 429 g/mol. The Morgan fingerprint density at radius 3 is 2.48 bits per heavy atom. The van der Waals surface area contributed by atoms with E-state index < -0.39 is 18.0 Å². The van der Waals surface area contributed by atoms with Crippen molar-refractivity contribution >= 4 is 63.1 Å². The molecule has 0 aromatic carbocycles. The lowest BCUT2D eigenvalue weighted by Crippen LogP contribution is -2.30. The Labute approximate surface area is 170 Å². The first-order valence-electron chi connectivity index (χ1n) is 7.80. The van der Waals surface area contributed by atoms with E-state index in [4.69, 9.17) is 27.9 Å². The Morgan fingerprint density at radius 2 is 1.89 bits per heavy atom. The van der Waals surface area contributed by atoms with Gasteiger partial charge in [-0.3, -0.25) is 9.59 Å². The van der Waals surface area contributed by atoms with Gasteiger partial charge < -0.3 is 15.4 Å².